The quantitative estimate of drug-likeness (QED) is 0.555. The molecule has 5 nitrogen and oxygen atoms in total. The summed E-state index contributed by atoms with van der Waals surface area (Å²) in [7, 11) is 0. The number of hydrogen-bond donors (Lipinski definition) is 2. The highest BCUT2D eigenvalue weighted by molar-refractivity contribution is 5.92. The van der Waals surface area contributed by atoms with Crippen molar-refractivity contribution in [1.82, 2.24) is 9.78 Å². The van der Waals surface area contributed by atoms with Crippen LogP contribution in [0.15, 0.2) is 65.9 Å². The van der Waals surface area contributed by atoms with Crippen molar-refractivity contribution in [1.29, 1.82) is 0 Å². The molecule has 0 fully saturated rings. The van der Waals surface area contributed by atoms with Gasteiger partial charge in [-0.25, -0.2) is 4.68 Å². The molecule has 1 aromatic heterocycles. The highest BCUT2D eigenvalue weighted by Gasteiger charge is 2.01. The standard InChI is InChI=1S/C20H23N5/c1-15-10-16(2)12-18(11-15)24-20(21)22-9-8-17-13-23-25(14-17)19-6-4-3-5-7-19/h3-7,10-14H,8-9H2,1-2H3,(H3,21,22,24). The summed E-state index contributed by atoms with van der Waals surface area (Å²) in [4.78, 5) is 4.40. The molecule has 25 heavy (non-hydrogen) atoms. The van der Waals surface area contributed by atoms with Crippen LogP contribution in [-0.2, 0) is 6.42 Å². The molecule has 0 unspecified atom stereocenters. The summed E-state index contributed by atoms with van der Waals surface area (Å²) in [6, 6.07) is 16.3. The fourth-order valence-corrected chi connectivity index (χ4v) is 2.75. The predicted octanol–water partition coefficient (Wildman–Crippen LogP) is 3.46. The molecule has 0 radical (unpaired) electrons. The number of nitrogens with zero attached hydrogens (tertiary/aromatic N) is 3. The maximum Gasteiger partial charge on any atom is 0.193 e. The van der Waals surface area contributed by atoms with Gasteiger partial charge in [0.25, 0.3) is 0 Å². The van der Waals surface area contributed by atoms with Crippen LogP contribution in [0.25, 0.3) is 5.69 Å². The van der Waals surface area contributed by atoms with Crippen LogP contribution >= 0.6 is 0 Å². The van der Waals surface area contributed by atoms with E-state index in [0.717, 1.165) is 23.4 Å². The second kappa shape index (κ2) is 7.66. The minimum Gasteiger partial charge on any atom is -0.370 e. The fraction of sp³-hybridized carbons (Fsp3) is 0.200. The molecule has 0 saturated carbocycles. The van der Waals surface area contributed by atoms with Crippen molar-refractivity contribution in [3.8, 4) is 5.69 Å². The second-order valence-corrected chi connectivity index (χ2v) is 6.15. The van der Waals surface area contributed by atoms with E-state index in [4.69, 9.17) is 5.73 Å². The summed E-state index contributed by atoms with van der Waals surface area (Å²) >= 11 is 0. The van der Waals surface area contributed by atoms with Crippen molar-refractivity contribution < 1.29 is 0 Å². The topological polar surface area (TPSA) is 68.2 Å². The van der Waals surface area contributed by atoms with E-state index < -0.39 is 0 Å². The third kappa shape index (κ3) is 4.70. The largest absolute Gasteiger partial charge is 0.370 e. The van der Waals surface area contributed by atoms with Crippen molar-refractivity contribution in [2.24, 2.45) is 10.7 Å². The summed E-state index contributed by atoms with van der Waals surface area (Å²) in [5, 5.41) is 7.54. The van der Waals surface area contributed by atoms with Crippen molar-refractivity contribution in [2.75, 3.05) is 11.9 Å². The Morgan fingerprint density at radius 3 is 2.56 bits per heavy atom. The molecule has 0 bridgehead atoms. The Hall–Kier alpha value is -3.08. The minimum absolute atomic E-state index is 0.431. The fourth-order valence-electron chi connectivity index (χ4n) is 2.75. The number of aliphatic imine (C=N–C) groups is 1. The summed E-state index contributed by atoms with van der Waals surface area (Å²) in [6.07, 6.45) is 4.69. The smallest absolute Gasteiger partial charge is 0.193 e. The maximum absolute atomic E-state index is 5.98. The normalized spacial score (nSPS) is 11.5. The Labute approximate surface area is 148 Å². The Kier molecular flexibility index (Phi) is 5.14. The summed E-state index contributed by atoms with van der Waals surface area (Å²) in [5.41, 5.74) is 11.5. The number of guanidine groups is 1. The van der Waals surface area contributed by atoms with Crippen molar-refractivity contribution in [3.05, 3.63) is 77.6 Å². The number of benzene rings is 2. The van der Waals surface area contributed by atoms with E-state index in [9.17, 15) is 0 Å². The van der Waals surface area contributed by atoms with Gasteiger partial charge >= 0.3 is 0 Å². The highest BCUT2D eigenvalue weighted by Crippen LogP contribution is 2.13. The molecule has 5 heteroatoms. The molecule has 3 N–H and O–H groups in total. The number of para-hydroxylation sites is 1. The Balaban J connectivity index is 1.56. The van der Waals surface area contributed by atoms with Crippen LogP contribution in [-0.4, -0.2) is 22.3 Å². The Bertz CT molecular complexity index is 845. The van der Waals surface area contributed by atoms with Crippen LogP contribution in [0.4, 0.5) is 5.69 Å². The van der Waals surface area contributed by atoms with Crippen LogP contribution in [0.1, 0.15) is 16.7 Å². The molecule has 2 aromatic carbocycles. The van der Waals surface area contributed by atoms with Gasteiger partial charge in [-0.3, -0.25) is 4.99 Å². The molecule has 0 aliphatic carbocycles. The van der Waals surface area contributed by atoms with E-state index in [0.29, 0.717) is 12.5 Å². The SMILES string of the molecule is Cc1cc(C)cc(NC(N)=NCCc2cnn(-c3ccccc3)c2)c1. The third-order valence-corrected chi connectivity index (χ3v) is 3.83. The van der Waals surface area contributed by atoms with Crippen molar-refractivity contribution in [3.63, 3.8) is 0 Å². The van der Waals surface area contributed by atoms with Gasteiger partial charge < -0.3 is 11.1 Å². The monoisotopic (exact) mass is 333 g/mol. The van der Waals surface area contributed by atoms with E-state index in [-0.39, 0.29) is 0 Å². The van der Waals surface area contributed by atoms with Crippen LogP contribution in [0.3, 0.4) is 0 Å². The summed E-state index contributed by atoms with van der Waals surface area (Å²) < 4.78 is 1.87. The lowest BCUT2D eigenvalue weighted by Gasteiger charge is -2.07. The first kappa shape index (κ1) is 16.8. The molecule has 0 atom stereocenters. The predicted molar refractivity (Wildman–Crippen MR) is 103 cm³/mol. The summed E-state index contributed by atoms with van der Waals surface area (Å²) in [5.74, 6) is 0.431. The first-order valence-electron chi connectivity index (χ1n) is 8.34. The highest BCUT2D eigenvalue weighted by atomic mass is 15.3. The molecule has 0 spiro atoms. The minimum atomic E-state index is 0.431. The van der Waals surface area contributed by atoms with Gasteiger partial charge in [0.2, 0.25) is 0 Å². The molecule has 0 aliphatic heterocycles. The van der Waals surface area contributed by atoms with Crippen LogP contribution in [0.5, 0.6) is 0 Å². The molecule has 128 valence electrons. The number of anilines is 1. The molecular weight excluding hydrogens is 310 g/mol. The van der Waals surface area contributed by atoms with Crippen molar-refractivity contribution in [2.45, 2.75) is 20.3 Å². The lowest BCUT2D eigenvalue weighted by molar-refractivity contribution is 0.879. The van der Waals surface area contributed by atoms with Gasteiger partial charge in [0, 0.05) is 18.4 Å². The molecule has 0 saturated heterocycles. The van der Waals surface area contributed by atoms with Gasteiger partial charge in [0.05, 0.1) is 11.9 Å². The number of aryl methyl sites for hydroxylation is 2. The molecule has 3 rings (SSSR count). The Morgan fingerprint density at radius 2 is 1.84 bits per heavy atom. The average molecular weight is 333 g/mol. The van der Waals surface area contributed by atoms with E-state index in [1.807, 2.05) is 47.4 Å². The van der Waals surface area contributed by atoms with Crippen LogP contribution < -0.4 is 11.1 Å². The molecule has 0 aliphatic rings. The lowest BCUT2D eigenvalue weighted by Crippen LogP contribution is -2.23. The number of hydrogen-bond acceptors (Lipinski definition) is 2. The van der Waals surface area contributed by atoms with E-state index in [2.05, 4.69) is 47.5 Å². The molecular formula is C20H23N5. The zero-order valence-electron chi connectivity index (χ0n) is 14.6. The average Bonchev–Trinajstić information content (AvgIpc) is 3.03. The first-order valence-corrected chi connectivity index (χ1v) is 8.34. The van der Waals surface area contributed by atoms with Gasteiger partial charge in [-0.2, -0.15) is 5.10 Å². The third-order valence-electron chi connectivity index (χ3n) is 3.83. The van der Waals surface area contributed by atoms with E-state index >= 15 is 0 Å². The molecule has 0 amide bonds. The first-order chi connectivity index (χ1) is 12.1. The molecule has 1 heterocycles. The van der Waals surface area contributed by atoms with Gasteiger partial charge in [-0.15, -0.1) is 0 Å². The maximum atomic E-state index is 5.98. The zero-order chi connectivity index (χ0) is 17.6. The second-order valence-electron chi connectivity index (χ2n) is 6.15. The van der Waals surface area contributed by atoms with Crippen LogP contribution in [0, 0.1) is 13.8 Å². The molecule has 3 aromatic rings. The Morgan fingerprint density at radius 1 is 1.12 bits per heavy atom. The zero-order valence-corrected chi connectivity index (χ0v) is 14.6. The van der Waals surface area contributed by atoms with Gasteiger partial charge in [-0.1, -0.05) is 24.3 Å². The lowest BCUT2D eigenvalue weighted by atomic mass is 10.1. The summed E-state index contributed by atoms with van der Waals surface area (Å²) in [6.45, 7) is 4.75. The number of rotatable bonds is 5. The van der Waals surface area contributed by atoms with E-state index in [1.54, 1.807) is 0 Å². The number of nitrogens with two attached hydrogens (primary N) is 1. The van der Waals surface area contributed by atoms with Crippen LogP contribution in [0.2, 0.25) is 0 Å². The van der Waals surface area contributed by atoms with Gasteiger partial charge in [0.1, 0.15) is 0 Å². The van der Waals surface area contributed by atoms with Gasteiger partial charge in [-0.05, 0) is 61.2 Å². The van der Waals surface area contributed by atoms with E-state index in [1.165, 1.54) is 11.1 Å². The number of nitrogens with one attached hydrogen (secondary N) is 1. The van der Waals surface area contributed by atoms with Crippen molar-refractivity contribution >= 4 is 11.6 Å². The van der Waals surface area contributed by atoms with Gasteiger partial charge in [0.15, 0.2) is 5.96 Å². The number of aromatic nitrogens is 2.